The number of ether oxygens (including phenoxy) is 1. The summed E-state index contributed by atoms with van der Waals surface area (Å²) in [5, 5.41) is 0. The van der Waals surface area contributed by atoms with Crippen molar-refractivity contribution in [3.8, 4) is 0 Å². The molecular formula is C15H39NO. The summed E-state index contributed by atoms with van der Waals surface area (Å²) in [6.45, 7) is 17.0. The molecule has 0 aromatic carbocycles. The largest absolute Gasteiger partial charge is 0.376 e. The lowest BCUT2D eigenvalue weighted by atomic mass is 10.3. The molecular weight excluding hydrogens is 210 g/mol. The van der Waals surface area contributed by atoms with Gasteiger partial charge in [0.2, 0.25) is 0 Å². The number of hydrogen-bond acceptors (Lipinski definition) is 2. The molecule has 0 amide bonds. The van der Waals surface area contributed by atoms with Gasteiger partial charge in [-0.1, -0.05) is 14.9 Å². The highest BCUT2D eigenvalue weighted by Gasteiger charge is 2.04. The molecule has 0 rings (SSSR count). The third-order valence-corrected chi connectivity index (χ3v) is 2.17. The third-order valence-electron chi connectivity index (χ3n) is 2.17. The molecule has 0 atom stereocenters. The lowest BCUT2D eigenvalue weighted by molar-refractivity contribution is 0.0300. The minimum Gasteiger partial charge on any atom is -0.376 e. The summed E-state index contributed by atoms with van der Waals surface area (Å²) in [7, 11) is 2.15. The zero-order valence-electron chi connectivity index (χ0n) is 12.2. The first-order valence-electron chi connectivity index (χ1n) is 6.05. The molecule has 0 aliphatic carbocycles. The van der Waals surface area contributed by atoms with Gasteiger partial charge in [0.25, 0.3) is 0 Å². The molecule has 0 aliphatic rings. The minimum absolute atomic E-state index is 0. The van der Waals surface area contributed by atoms with Gasteiger partial charge in [0.15, 0.2) is 0 Å². The van der Waals surface area contributed by atoms with Crippen molar-refractivity contribution in [1.82, 2.24) is 4.90 Å². The number of nitrogens with zero attached hydrogens (tertiary/aromatic N) is 1. The van der Waals surface area contributed by atoms with Crippen molar-refractivity contribution in [1.29, 1.82) is 0 Å². The first-order chi connectivity index (χ1) is 6.68. The van der Waals surface area contributed by atoms with E-state index >= 15 is 0 Å². The molecule has 0 radical (unpaired) electrons. The Bertz CT molecular complexity index is 117. The summed E-state index contributed by atoms with van der Waals surface area (Å²) in [5.74, 6) is 0. The zero-order valence-corrected chi connectivity index (χ0v) is 12.2. The molecule has 0 aliphatic heterocycles. The third kappa shape index (κ3) is 21.7. The van der Waals surface area contributed by atoms with E-state index in [-0.39, 0.29) is 14.9 Å². The van der Waals surface area contributed by atoms with Crippen LogP contribution in [0.3, 0.4) is 0 Å². The smallest absolute Gasteiger partial charge is 0.0522 e. The van der Waals surface area contributed by atoms with Crippen LogP contribution in [0.2, 0.25) is 0 Å². The van der Waals surface area contributed by atoms with Crippen LogP contribution in [0.25, 0.3) is 0 Å². The average Bonchev–Trinajstić information content (AvgIpc) is 2.00. The van der Waals surface area contributed by atoms with E-state index in [2.05, 4.69) is 39.6 Å². The van der Waals surface area contributed by atoms with Gasteiger partial charge in [0.05, 0.1) is 12.2 Å². The van der Waals surface area contributed by atoms with Crippen LogP contribution < -0.4 is 0 Å². The summed E-state index contributed by atoms with van der Waals surface area (Å²) in [6.07, 6.45) is 0.750. The van der Waals surface area contributed by atoms with Crippen molar-refractivity contribution >= 4 is 0 Å². The molecule has 0 aromatic rings. The summed E-state index contributed by atoms with van der Waals surface area (Å²) in [5.41, 5.74) is 0. The van der Waals surface area contributed by atoms with E-state index in [9.17, 15) is 0 Å². The molecule has 17 heavy (non-hydrogen) atoms. The highest BCUT2D eigenvalue weighted by molar-refractivity contribution is 4.60. The molecule has 0 aromatic heterocycles. The summed E-state index contributed by atoms with van der Waals surface area (Å²) < 4.78 is 5.25. The first-order valence-corrected chi connectivity index (χ1v) is 6.05. The molecule has 0 heterocycles. The fourth-order valence-electron chi connectivity index (χ4n) is 1.14. The van der Waals surface area contributed by atoms with E-state index in [1.807, 2.05) is 27.7 Å². The van der Waals surface area contributed by atoms with Crippen molar-refractivity contribution < 1.29 is 4.74 Å². The Hall–Kier alpha value is -0.0800. The molecule has 0 N–H and O–H groups in total. The lowest BCUT2D eigenvalue weighted by Gasteiger charge is -2.24. The van der Waals surface area contributed by atoms with Crippen molar-refractivity contribution in [3.63, 3.8) is 0 Å². The van der Waals surface area contributed by atoms with Crippen LogP contribution in [0.15, 0.2) is 0 Å². The Morgan fingerprint density at radius 3 is 0.882 bits per heavy atom. The van der Waals surface area contributed by atoms with Gasteiger partial charge in [-0.3, -0.25) is 0 Å². The van der Waals surface area contributed by atoms with Crippen LogP contribution in [-0.4, -0.2) is 36.2 Å². The fraction of sp³-hybridized carbons (Fsp3) is 1.00. The summed E-state index contributed by atoms with van der Waals surface area (Å²) in [6, 6.07) is 1.35. The van der Waals surface area contributed by atoms with Gasteiger partial charge in [-0.25, -0.2) is 0 Å². The second-order valence-electron chi connectivity index (χ2n) is 5.09. The molecule has 0 bridgehead atoms. The second-order valence-corrected chi connectivity index (χ2v) is 5.09. The highest BCUT2D eigenvalue weighted by Crippen LogP contribution is 1.98. The predicted octanol–water partition coefficient (Wildman–Crippen LogP) is 4.83. The molecule has 0 saturated heterocycles. The Kier molecular flexibility index (Phi) is 21.1. The van der Waals surface area contributed by atoms with Crippen molar-refractivity contribution in [2.45, 2.75) is 94.5 Å². The summed E-state index contributed by atoms with van der Waals surface area (Å²) >= 11 is 0. The Morgan fingerprint density at radius 2 is 0.882 bits per heavy atom. The van der Waals surface area contributed by atoms with E-state index in [1.54, 1.807) is 0 Å². The summed E-state index contributed by atoms with van der Waals surface area (Å²) in [4.78, 5) is 2.33. The van der Waals surface area contributed by atoms with Crippen molar-refractivity contribution in [3.05, 3.63) is 0 Å². The Balaban J connectivity index is -0.0000000896. The van der Waals surface area contributed by atoms with E-state index in [1.165, 1.54) is 0 Å². The molecule has 110 valence electrons. The normalized spacial score (nSPS) is 10.2. The van der Waals surface area contributed by atoms with Gasteiger partial charge in [-0.05, 0) is 62.4 Å². The topological polar surface area (TPSA) is 12.5 Å². The van der Waals surface area contributed by atoms with Gasteiger partial charge < -0.3 is 9.64 Å². The van der Waals surface area contributed by atoms with Crippen LogP contribution >= 0.6 is 0 Å². The maximum atomic E-state index is 5.25. The van der Waals surface area contributed by atoms with Crippen LogP contribution in [-0.2, 0) is 4.74 Å². The number of rotatable bonds is 4. The molecule has 0 spiro atoms. The molecule has 0 fully saturated rings. The van der Waals surface area contributed by atoms with E-state index in [0.29, 0.717) is 24.3 Å². The maximum Gasteiger partial charge on any atom is 0.0522 e. The SMILES string of the molecule is C.C.CC(C)N(C)C(C)C.CC(C)OC(C)C. The van der Waals surface area contributed by atoms with Gasteiger partial charge in [0.1, 0.15) is 0 Å². The standard InChI is InChI=1S/C7H17N.C6H14O.2CH4/c1-6(2)8(5)7(3)4;1-5(2)7-6(3)4;;/h6-7H,1-5H3;5-6H,1-4H3;2*1H4. The Morgan fingerprint density at radius 1 is 0.647 bits per heavy atom. The molecule has 0 saturated carbocycles. The van der Waals surface area contributed by atoms with E-state index in [4.69, 9.17) is 4.74 Å². The van der Waals surface area contributed by atoms with E-state index < -0.39 is 0 Å². The highest BCUT2D eigenvalue weighted by atomic mass is 16.5. The molecule has 2 heteroatoms. The van der Waals surface area contributed by atoms with Crippen LogP contribution in [0.5, 0.6) is 0 Å². The van der Waals surface area contributed by atoms with Gasteiger partial charge in [0, 0.05) is 12.1 Å². The fourth-order valence-corrected chi connectivity index (χ4v) is 1.14. The first kappa shape index (κ1) is 25.7. The quantitative estimate of drug-likeness (QED) is 0.708. The lowest BCUT2D eigenvalue weighted by Crippen LogP contribution is -2.32. The van der Waals surface area contributed by atoms with Gasteiger partial charge >= 0.3 is 0 Å². The van der Waals surface area contributed by atoms with E-state index in [0.717, 1.165) is 0 Å². The Labute approximate surface area is 112 Å². The van der Waals surface area contributed by atoms with Crippen LogP contribution in [0, 0.1) is 0 Å². The van der Waals surface area contributed by atoms with Crippen molar-refractivity contribution in [2.75, 3.05) is 7.05 Å². The molecule has 0 unspecified atom stereocenters. The zero-order chi connectivity index (χ0) is 12.6. The minimum atomic E-state index is 0. The predicted molar refractivity (Wildman–Crippen MR) is 82.9 cm³/mol. The van der Waals surface area contributed by atoms with Crippen molar-refractivity contribution in [2.24, 2.45) is 0 Å². The second kappa shape index (κ2) is 14.0. The van der Waals surface area contributed by atoms with Gasteiger partial charge in [-0.15, -0.1) is 0 Å². The van der Waals surface area contributed by atoms with Crippen LogP contribution in [0.4, 0.5) is 0 Å². The molecule has 2 nitrogen and oxygen atoms in total. The van der Waals surface area contributed by atoms with Crippen LogP contribution in [0.1, 0.15) is 70.2 Å². The monoisotopic (exact) mass is 249 g/mol. The van der Waals surface area contributed by atoms with Gasteiger partial charge in [-0.2, -0.15) is 0 Å². The number of hydrogen-bond donors (Lipinski definition) is 0. The average molecular weight is 249 g/mol. The maximum absolute atomic E-state index is 5.25.